The van der Waals surface area contributed by atoms with Gasteiger partial charge in [0.25, 0.3) is 5.91 Å². The van der Waals surface area contributed by atoms with Crippen LogP contribution in [0.4, 0.5) is 0 Å². The van der Waals surface area contributed by atoms with E-state index in [1.807, 2.05) is 0 Å². The maximum atomic E-state index is 12.2. The van der Waals surface area contributed by atoms with E-state index in [2.05, 4.69) is 29.5 Å². The van der Waals surface area contributed by atoms with Crippen LogP contribution in [0.3, 0.4) is 0 Å². The molecule has 1 saturated heterocycles. The molecule has 1 fully saturated rings. The van der Waals surface area contributed by atoms with Crippen LogP contribution in [0, 0.1) is 5.41 Å². The summed E-state index contributed by atoms with van der Waals surface area (Å²) in [7, 11) is 1.52. The molecule has 1 aliphatic heterocycles. The second kappa shape index (κ2) is 6.22. The molecule has 0 aliphatic carbocycles. The van der Waals surface area contributed by atoms with Gasteiger partial charge in [-0.2, -0.15) is 0 Å². The highest BCUT2D eigenvalue weighted by Crippen LogP contribution is 2.29. The van der Waals surface area contributed by atoms with Crippen LogP contribution in [-0.2, 0) is 0 Å². The van der Waals surface area contributed by atoms with Gasteiger partial charge >= 0.3 is 0 Å². The van der Waals surface area contributed by atoms with E-state index in [0.717, 1.165) is 6.54 Å². The number of hydrogen-bond acceptors (Lipinski definition) is 4. The molecule has 20 heavy (non-hydrogen) atoms. The van der Waals surface area contributed by atoms with E-state index < -0.39 is 0 Å². The summed E-state index contributed by atoms with van der Waals surface area (Å²) in [6.45, 7) is 6.10. The van der Waals surface area contributed by atoms with Crippen LogP contribution in [0.25, 0.3) is 0 Å². The Labute approximate surface area is 120 Å². The van der Waals surface area contributed by atoms with E-state index in [4.69, 9.17) is 4.74 Å². The van der Waals surface area contributed by atoms with Crippen LogP contribution >= 0.6 is 0 Å². The topological polar surface area (TPSA) is 63.2 Å². The number of pyridine rings is 1. The van der Waals surface area contributed by atoms with E-state index in [1.54, 1.807) is 18.3 Å². The minimum atomic E-state index is -0.141. The Morgan fingerprint density at radius 3 is 3.10 bits per heavy atom. The lowest BCUT2D eigenvalue weighted by Crippen LogP contribution is -2.52. The van der Waals surface area contributed by atoms with Gasteiger partial charge in [0, 0.05) is 18.8 Å². The van der Waals surface area contributed by atoms with Gasteiger partial charge in [0.1, 0.15) is 5.56 Å². The van der Waals surface area contributed by atoms with Crippen LogP contribution in [-0.4, -0.2) is 37.1 Å². The van der Waals surface area contributed by atoms with E-state index in [-0.39, 0.29) is 11.3 Å². The van der Waals surface area contributed by atoms with Crippen molar-refractivity contribution in [2.75, 3.05) is 20.2 Å². The van der Waals surface area contributed by atoms with E-state index in [9.17, 15) is 4.79 Å². The minimum absolute atomic E-state index is 0.141. The third-order valence-electron chi connectivity index (χ3n) is 4.01. The molecule has 1 aliphatic rings. The molecule has 0 bridgehead atoms. The van der Waals surface area contributed by atoms with E-state index in [1.165, 1.54) is 20.0 Å². The lowest BCUT2D eigenvalue weighted by atomic mass is 9.77. The van der Waals surface area contributed by atoms with Crippen molar-refractivity contribution < 1.29 is 9.53 Å². The summed E-state index contributed by atoms with van der Waals surface area (Å²) >= 11 is 0. The summed E-state index contributed by atoms with van der Waals surface area (Å²) < 4.78 is 5.11. The van der Waals surface area contributed by atoms with Crippen molar-refractivity contribution in [3.05, 3.63) is 23.9 Å². The molecular formula is C15H23N3O2. The fourth-order valence-electron chi connectivity index (χ4n) is 2.64. The second-order valence-corrected chi connectivity index (χ2v) is 5.87. The number of methoxy groups -OCH3 is 1. The number of hydrogen-bond donors (Lipinski definition) is 2. The van der Waals surface area contributed by atoms with Gasteiger partial charge in [-0.25, -0.2) is 4.98 Å². The molecule has 2 N–H and O–H groups in total. The number of carbonyl (C=O) groups is 1. The lowest BCUT2D eigenvalue weighted by molar-refractivity contribution is 0.0925. The normalized spacial score (nSPS) is 21.2. The van der Waals surface area contributed by atoms with Gasteiger partial charge in [-0.3, -0.25) is 4.79 Å². The number of amides is 1. The fourth-order valence-corrected chi connectivity index (χ4v) is 2.64. The standard InChI is InChI=1S/C15H23N3O2/c1-15(2)7-5-9-16-12(15)10-18-13(19)11-6-4-8-17-14(11)20-3/h4,6,8,12,16H,5,7,9-10H2,1-3H3,(H,18,19). The first kappa shape index (κ1) is 14.8. The van der Waals surface area contributed by atoms with Gasteiger partial charge in [-0.05, 0) is 36.9 Å². The average Bonchev–Trinajstić information content (AvgIpc) is 2.45. The predicted molar refractivity (Wildman–Crippen MR) is 77.9 cm³/mol. The molecule has 2 rings (SSSR count). The SMILES string of the molecule is COc1ncccc1C(=O)NCC1NCCCC1(C)C. The highest BCUT2D eigenvalue weighted by atomic mass is 16.5. The van der Waals surface area contributed by atoms with Crippen molar-refractivity contribution in [3.63, 3.8) is 0 Å². The number of piperidine rings is 1. The number of nitrogens with zero attached hydrogens (tertiary/aromatic N) is 1. The molecule has 1 amide bonds. The smallest absolute Gasteiger partial charge is 0.256 e. The largest absolute Gasteiger partial charge is 0.480 e. The number of ether oxygens (including phenoxy) is 1. The summed E-state index contributed by atoms with van der Waals surface area (Å²) in [6, 6.07) is 3.75. The Kier molecular flexibility index (Phi) is 4.60. The monoisotopic (exact) mass is 277 g/mol. The van der Waals surface area contributed by atoms with Crippen LogP contribution in [0.1, 0.15) is 37.0 Å². The molecule has 2 heterocycles. The summed E-state index contributed by atoms with van der Waals surface area (Å²) in [5.41, 5.74) is 0.675. The maximum absolute atomic E-state index is 12.2. The molecule has 1 unspecified atom stereocenters. The molecule has 0 spiro atoms. The molecule has 1 aromatic heterocycles. The first-order valence-electron chi connectivity index (χ1n) is 7.05. The van der Waals surface area contributed by atoms with Crippen molar-refractivity contribution >= 4 is 5.91 Å². The van der Waals surface area contributed by atoms with Crippen molar-refractivity contribution in [2.45, 2.75) is 32.7 Å². The third kappa shape index (κ3) is 3.28. The zero-order valence-electron chi connectivity index (χ0n) is 12.4. The maximum Gasteiger partial charge on any atom is 0.256 e. The molecule has 1 aromatic rings. The first-order valence-corrected chi connectivity index (χ1v) is 7.05. The molecule has 1 atom stereocenters. The molecule has 5 heteroatoms. The molecular weight excluding hydrogens is 254 g/mol. The van der Waals surface area contributed by atoms with Crippen LogP contribution in [0.5, 0.6) is 5.88 Å². The quantitative estimate of drug-likeness (QED) is 0.877. The number of aromatic nitrogens is 1. The van der Waals surface area contributed by atoms with Crippen molar-refractivity contribution in [2.24, 2.45) is 5.41 Å². The molecule has 0 aromatic carbocycles. The minimum Gasteiger partial charge on any atom is -0.480 e. The zero-order valence-corrected chi connectivity index (χ0v) is 12.4. The molecule has 5 nitrogen and oxygen atoms in total. The van der Waals surface area contributed by atoms with Gasteiger partial charge in [0.15, 0.2) is 0 Å². The van der Waals surface area contributed by atoms with Crippen LogP contribution in [0.15, 0.2) is 18.3 Å². The van der Waals surface area contributed by atoms with Crippen molar-refractivity contribution in [1.29, 1.82) is 0 Å². The van der Waals surface area contributed by atoms with Gasteiger partial charge < -0.3 is 15.4 Å². The van der Waals surface area contributed by atoms with E-state index in [0.29, 0.717) is 24.0 Å². The Morgan fingerprint density at radius 1 is 1.60 bits per heavy atom. The summed E-state index contributed by atoms with van der Waals surface area (Å²) in [6.07, 6.45) is 3.98. The fraction of sp³-hybridized carbons (Fsp3) is 0.600. The molecule has 0 saturated carbocycles. The van der Waals surface area contributed by atoms with Crippen LogP contribution in [0.2, 0.25) is 0 Å². The third-order valence-corrected chi connectivity index (χ3v) is 4.01. The predicted octanol–water partition coefficient (Wildman–Crippen LogP) is 1.60. The first-order chi connectivity index (χ1) is 9.54. The van der Waals surface area contributed by atoms with Gasteiger partial charge in [0.05, 0.1) is 7.11 Å². The number of rotatable bonds is 4. The highest BCUT2D eigenvalue weighted by Gasteiger charge is 2.32. The van der Waals surface area contributed by atoms with Gasteiger partial charge in [-0.15, -0.1) is 0 Å². The Hall–Kier alpha value is -1.62. The zero-order chi connectivity index (χ0) is 14.6. The van der Waals surface area contributed by atoms with Crippen LogP contribution < -0.4 is 15.4 Å². The molecule has 110 valence electrons. The van der Waals surface area contributed by atoms with Gasteiger partial charge in [0.2, 0.25) is 5.88 Å². The highest BCUT2D eigenvalue weighted by molar-refractivity contribution is 5.96. The van der Waals surface area contributed by atoms with Crippen molar-refractivity contribution in [3.8, 4) is 5.88 Å². The second-order valence-electron chi connectivity index (χ2n) is 5.87. The Balaban J connectivity index is 1.98. The Morgan fingerprint density at radius 2 is 2.40 bits per heavy atom. The summed E-state index contributed by atoms with van der Waals surface area (Å²) in [5, 5.41) is 6.46. The lowest BCUT2D eigenvalue weighted by Gasteiger charge is -2.39. The van der Waals surface area contributed by atoms with Crippen molar-refractivity contribution in [1.82, 2.24) is 15.6 Å². The number of carbonyl (C=O) groups excluding carboxylic acids is 1. The summed E-state index contributed by atoms with van der Waals surface area (Å²) in [4.78, 5) is 16.3. The van der Waals surface area contributed by atoms with E-state index >= 15 is 0 Å². The average molecular weight is 277 g/mol. The Bertz CT molecular complexity index is 474. The molecule has 0 radical (unpaired) electrons. The number of nitrogens with one attached hydrogen (secondary N) is 2. The van der Waals surface area contributed by atoms with Gasteiger partial charge in [-0.1, -0.05) is 13.8 Å². The summed E-state index contributed by atoms with van der Waals surface area (Å²) in [5.74, 6) is 0.221.